The van der Waals surface area contributed by atoms with Crippen LogP contribution in [0.15, 0.2) is 0 Å². The number of amides is 2. The third-order valence-corrected chi connectivity index (χ3v) is 3.53. The van der Waals surface area contributed by atoms with Crippen molar-refractivity contribution >= 4 is 12.0 Å². The van der Waals surface area contributed by atoms with Gasteiger partial charge in [0.05, 0.1) is 6.10 Å². The highest BCUT2D eigenvalue weighted by atomic mass is 16.4. The van der Waals surface area contributed by atoms with Gasteiger partial charge in [0.1, 0.15) is 6.04 Å². The lowest BCUT2D eigenvalue weighted by Crippen LogP contribution is -2.52. The Labute approximate surface area is 99.6 Å². The van der Waals surface area contributed by atoms with E-state index in [0.717, 1.165) is 12.8 Å². The number of hydrogen-bond donors (Lipinski definition) is 3. The van der Waals surface area contributed by atoms with Crippen LogP contribution >= 0.6 is 0 Å². The smallest absolute Gasteiger partial charge is 0.326 e. The first-order chi connectivity index (χ1) is 7.97. The maximum atomic E-state index is 11.9. The van der Waals surface area contributed by atoms with E-state index in [1.807, 2.05) is 0 Å². The Kier molecular flexibility index (Phi) is 3.24. The molecule has 0 aromatic heterocycles. The number of aliphatic carboxylic acids is 1. The number of urea groups is 1. The van der Waals surface area contributed by atoms with E-state index in [4.69, 9.17) is 5.11 Å². The molecule has 1 heterocycles. The van der Waals surface area contributed by atoms with Crippen molar-refractivity contribution in [1.82, 2.24) is 10.2 Å². The van der Waals surface area contributed by atoms with Gasteiger partial charge in [-0.2, -0.15) is 0 Å². The summed E-state index contributed by atoms with van der Waals surface area (Å²) in [5.74, 6) is -0.432. The zero-order chi connectivity index (χ0) is 12.6. The molecule has 0 unspecified atom stereocenters. The van der Waals surface area contributed by atoms with Gasteiger partial charge in [-0.1, -0.05) is 6.92 Å². The molecule has 0 aromatic carbocycles. The summed E-state index contributed by atoms with van der Waals surface area (Å²) >= 11 is 0. The van der Waals surface area contributed by atoms with Gasteiger partial charge in [-0.15, -0.1) is 0 Å². The molecular weight excluding hydrogens is 224 g/mol. The summed E-state index contributed by atoms with van der Waals surface area (Å²) in [6.07, 6.45) is 1.27. The highest BCUT2D eigenvalue weighted by Crippen LogP contribution is 2.27. The maximum Gasteiger partial charge on any atom is 0.326 e. The molecule has 2 aliphatic rings. The van der Waals surface area contributed by atoms with Crippen LogP contribution in [0.1, 0.15) is 26.2 Å². The highest BCUT2D eigenvalue weighted by molar-refractivity contribution is 5.83. The number of nitrogens with one attached hydrogen (secondary N) is 1. The number of carboxylic acids is 1. The van der Waals surface area contributed by atoms with E-state index in [0.29, 0.717) is 5.92 Å². The number of carboxylic acid groups (broad SMARTS) is 1. The van der Waals surface area contributed by atoms with Crippen molar-refractivity contribution in [1.29, 1.82) is 0 Å². The summed E-state index contributed by atoms with van der Waals surface area (Å²) in [4.78, 5) is 24.0. The third-order valence-electron chi connectivity index (χ3n) is 3.53. The molecule has 2 amide bonds. The monoisotopic (exact) mass is 242 g/mol. The molecule has 6 heteroatoms. The Balaban J connectivity index is 1.91. The minimum absolute atomic E-state index is 0.102. The molecule has 2 atom stereocenters. The van der Waals surface area contributed by atoms with Crippen LogP contribution in [-0.2, 0) is 4.79 Å². The fourth-order valence-corrected chi connectivity index (χ4v) is 2.55. The zero-order valence-electron chi connectivity index (χ0n) is 9.80. The molecule has 0 aromatic rings. The molecule has 2 rings (SSSR count). The maximum absolute atomic E-state index is 11.9. The zero-order valence-corrected chi connectivity index (χ0v) is 9.80. The van der Waals surface area contributed by atoms with Crippen LogP contribution in [0.4, 0.5) is 4.79 Å². The lowest BCUT2D eigenvalue weighted by Gasteiger charge is -2.35. The summed E-state index contributed by atoms with van der Waals surface area (Å²) in [5.41, 5.74) is 0. The molecule has 6 nitrogen and oxygen atoms in total. The summed E-state index contributed by atoms with van der Waals surface area (Å²) in [6.45, 7) is 2.22. The predicted molar refractivity (Wildman–Crippen MR) is 59.5 cm³/mol. The van der Waals surface area contributed by atoms with Gasteiger partial charge in [-0.05, 0) is 18.8 Å². The van der Waals surface area contributed by atoms with E-state index in [1.165, 1.54) is 4.90 Å². The average Bonchev–Trinajstić information content (AvgIpc) is 2.58. The van der Waals surface area contributed by atoms with Gasteiger partial charge >= 0.3 is 12.0 Å². The Bertz CT molecular complexity index is 327. The minimum atomic E-state index is -1.06. The van der Waals surface area contributed by atoms with E-state index in [2.05, 4.69) is 12.2 Å². The Hall–Kier alpha value is -1.30. The number of likely N-dealkylation sites (tertiary alicyclic amines) is 1. The first-order valence-corrected chi connectivity index (χ1v) is 5.95. The molecule has 0 spiro atoms. The van der Waals surface area contributed by atoms with E-state index < -0.39 is 18.1 Å². The van der Waals surface area contributed by atoms with Gasteiger partial charge in [0.25, 0.3) is 0 Å². The van der Waals surface area contributed by atoms with Crippen molar-refractivity contribution < 1.29 is 19.8 Å². The molecule has 1 saturated carbocycles. The van der Waals surface area contributed by atoms with E-state index in [-0.39, 0.29) is 25.0 Å². The topological polar surface area (TPSA) is 89.9 Å². The molecule has 1 aliphatic carbocycles. The lowest BCUT2D eigenvalue weighted by molar-refractivity contribution is -0.141. The van der Waals surface area contributed by atoms with Crippen LogP contribution < -0.4 is 5.32 Å². The number of rotatable bonds is 2. The van der Waals surface area contributed by atoms with Gasteiger partial charge in [0, 0.05) is 19.0 Å². The minimum Gasteiger partial charge on any atom is -0.480 e. The lowest BCUT2D eigenvalue weighted by atomic mass is 9.82. The van der Waals surface area contributed by atoms with E-state index in [1.54, 1.807) is 0 Å². The van der Waals surface area contributed by atoms with Gasteiger partial charge in [-0.3, -0.25) is 0 Å². The second kappa shape index (κ2) is 4.52. The van der Waals surface area contributed by atoms with Crippen molar-refractivity contribution in [2.45, 2.75) is 44.4 Å². The number of aliphatic hydroxyl groups excluding tert-OH is 1. The second-order valence-electron chi connectivity index (χ2n) is 5.12. The normalized spacial score (nSPS) is 36.5. The van der Waals surface area contributed by atoms with Crippen molar-refractivity contribution in [2.75, 3.05) is 6.54 Å². The summed E-state index contributed by atoms with van der Waals surface area (Å²) in [7, 11) is 0. The Morgan fingerprint density at radius 1 is 1.29 bits per heavy atom. The van der Waals surface area contributed by atoms with Crippen molar-refractivity contribution in [3.63, 3.8) is 0 Å². The quantitative estimate of drug-likeness (QED) is 0.636. The molecule has 96 valence electrons. The molecular formula is C11H18N2O4. The fourth-order valence-electron chi connectivity index (χ4n) is 2.55. The second-order valence-corrected chi connectivity index (χ2v) is 5.12. The largest absolute Gasteiger partial charge is 0.480 e. The number of aliphatic hydroxyl groups is 1. The highest BCUT2D eigenvalue weighted by Gasteiger charge is 2.40. The van der Waals surface area contributed by atoms with Crippen LogP contribution in [0.25, 0.3) is 0 Å². The van der Waals surface area contributed by atoms with Crippen LogP contribution in [0.5, 0.6) is 0 Å². The standard InChI is InChI=1S/C11H18N2O4/c1-6-2-7(3-6)12-11(17)13-5-8(14)4-9(13)10(15)16/h6-9,14H,2-5H2,1H3,(H,12,17)(H,15,16)/t6?,7?,8-,9+/m1/s1. The van der Waals surface area contributed by atoms with E-state index in [9.17, 15) is 14.7 Å². The van der Waals surface area contributed by atoms with Gasteiger partial charge in [-0.25, -0.2) is 9.59 Å². The Morgan fingerprint density at radius 3 is 2.47 bits per heavy atom. The number of β-amino-alcohol motifs (C(OH)–C–C–N with tert-alkyl or cyclic N) is 1. The fraction of sp³-hybridized carbons (Fsp3) is 0.818. The number of nitrogens with zero attached hydrogens (tertiary/aromatic N) is 1. The third kappa shape index (κ3) is 2.52. The molecule has 2 fully saturated rings. The molecule has 1 aliphatic heterocycles. The molecule has 3 N–H and O–H groups in total. The van der Waals surface area contributed by atoms with Crippen LogP contribution in [0.3, 0.4) is 0 Å². The first kappa shape index (κ1) is 12.2. The summed E-state index contributed by atoms with van der Waals surface area (Å²) < 4.78 is 0. The first-order valence-electron chi connectivity index (χ1n) is 5.95. The van der Waals surface area contributed by atoms with Crippen LogP contribution in [0, 0.1) is 5.92 Å². The van der Waals surface area contributed by atoms with Gasteiger partial charge in [0.15, 0.2) is 0 Å². The summed E-state index contributed by atoms with van der Waals surface area (Å²) in [5, 5.41) is 21.2. The summed E-state index contributed by atoms with van der Waals surface area (Å²) in [6, 6.07) is -1.11. The van der Waals surface area contributed by atoms with E-state index >= 15 is 0 Å². The molecule has 1 saturated heterocycles. The number of hydrogen-bond acceptors (Lipinski definition) is 3. The number of carbonyl (C=O) groups excluding carboxylic acids is 1. The van der Waals surface area contributed by atoms with Crippen molar-refractivity contribution in [3.8, 4) is 0 Å². The SMILES string of the molecule is CC1CC(NC(=O)N2C[C@H](O)C[C@H]2C(=O)O)C1. The predicted octanol–water partition coefficient (Wildman–Crippen LogP) is 0.0143. The molecule has 0 radical (unpaired) electrons. The average molecular weight is 242 g/mol. The van der Waals surface area contributed by atoms with Crippen LogP contribution in [-0.4, -0.2) is 51.8 Å². The number of carbonyl (C=O) groups is 2. The van der Waals surface area contributed by atoms with Crippen LogP contribution in [0.2, 0.25) is 0 Å². The molecule has 0 bridgehead atoms. The van der Waals surface area contributed by atoms with Gasteiger partial charge in [0.2, 0.25) is 0 Å². The van der Waals surface area contributed by atoms with Crippen molar-refractivity contribution in [2.24, 2.45) is 5.92 Å². The Morgan fingerprint density at radius 2 is 1.94 bits per heavy atom. The van der Waals surface area contributed by atoms with Gasteiger partial charge < -0.3 is 20.4 Å². The molecule has 17 heavy (non-hydrogen) atoms. The van der Waals surface area contributed by atoms with Crippen molar-refractivity contribution in [3.05, 3.63) is 0 Å².